The molecule has 0 bridgehead atoms. The normalized spacial score (nSPS) is 23.3. The minimum absolute atomic E-state index is 0.0287. The molecule has 0 spiro atoms. The summed E-state index contributed by atoms with van der Waals surface area (Å²) in [5.41, 5.74) is 1.52. The van der Waals surface area contributed by atoms with E-state index >= 15 is 0 Å². The van der Waals surface area contributed by atoms with Crippen LogP contribution in [0.15, 0.2) is 42.5 Å². The van der Waals surface area contributed by atoms with Gasteiger partial charge in [0.2, 0.25) is 0 Å². The van der Waals surface area contributed by atoms with Gasteiger partial charge < -0.3 is 15.0 Å². The van der Waals surface area contributed by atoms with Crippen molar-refractivity contribution in [3.63, 3.8) is 0 Å². The molecule has 2 heterocycles. The van der Waals surface area contributed by atoms with Gasteiger partial charge in [-0.05, 0) is 36.5 Å². The zero-order valence-electron chi connectivity index (χ0n) is 14.3. The number of amides is 1. The number of rotatable bonds is 4. The largest absolute Gasteiger partial charge is 0.366 e. The Morgan fingerprint density at radius 1 is 1.12 bits per heavy atom. The van der Waals surface area contributed by atoms with Crippen LogP contribution < -0.4 is 10.2 Å². The van der Waals surface area contributed by atoms with Crippen LogP contribution in [0.25, 0.3) is 0 Å². The molecule has 6 nitrogen and oxygen atoms in total. The second-order valence-electron chi connectivity index (χ2n) is 6.67. The molecule has 1 aliphatic heterocycles. The fourth-order valence-electron chi connectivity index (χ4n) is 3.30. The van der Waals surface area contributed by atoms with Crippen LogP contribution in [0.5, 0.6) is 0 Å². The third kappa shape index (κ3) is 3.49. The Kier molecular flexibility index (Phi) is 4.36. The number of nitrogens with one attached hydrogen (secondary N) is 1. The standard InChI is InChI=1S/C19H22N4O2/c1-20-19(24)15-9-10-18(22-21-15)23-11-16(13-5-3-2-4-6-13)25-17(12-23)14-7-8-14/h2-6,9-10,14,16-17H,7-8,11-12H2,1H3,(H,20,24)/t16-,17+/m0/s1. The third-order valence-electron chi connectivity index (χ3n) is 4.88. The smallest absolute Gasteiger partial charge is 0.271 e. The van der Waals surface area contributed by atoms with E-state index < -0.39 is 0 Å². The van der Waals surface area contributed by atoms with Crippen molar-refractivity contribution in [2.75, 3.05) is 25.0 Å². The van der Waals surface area contributed by atoms with Gasteiger partial charge in [-0.15, -0.1) is 10.2 Å². The van der Waals surface area contributed by atoms with Gasteiger partial charge in [-0.2, -0.15) is 0 Å². The van der Waals surface area contributed by atoms with Crippen molar-refractivity contribution in [2.45, 2.75) is 25.0 Å². The molecule has 2 aliphatic rings. The van der Waals surface area contributed by atoms with Crippen LogP contribution in [0.4, 0.5) is 5.82 Å². The summed E-state index contributed by atoms with van der Waals surface area (Å²) in [4.78, 5) is 13.9. The highest BCUT2D eigenvalue weighted by molar-refractivity contribution is 5.91. The molecule has 1 N–H and O–H groups in total. The lowest BCUT2D eigenvalue weighted by Crippen LogP contribution is -2.45. The highest BCUT2D eigenvalue weighted by Gasteiger charge is 2.39. The van der Waals surface area contributed by atoms with Crippen LogP contribution in [0, 0.1) is 5.92 Å². The number of anilines is 1. The number of carbonyl (C=O) groups excluding carboxylic acids is 1. The second-order valence-corrected chi connectivity index (χ2v) is 6.67. The predicted octanol–water partition coefficient (Wildman–Crippen LogP) is 2.19. The summed E-state index contributed by atoms with van der Waals surface area (Å²) in [6.45, 7) is 1.56. The first-order chi connectivity index (χ1) is 12.2. The van der Waals surface area contributed by atoms with Crippen molar-refractivity contribution in [2.24, 2.45) is 5.92 Å². The minimum atomic E-state index is -0.223. The molecule has 6 heteroatoms. The van der Waals surface area contributed by atoms with E-state index in [9.17, 15) is 4.79 Å². The average molecular weight is 338 g/mol. The highest BCUT2D eigenvalue weighted by atomic mass is 16.5. The second kappa shape index (κ2) is 6.80. The zero-order chi connectivity index (χ0) is 17.2. The quantitative estimate of drug-likeness (QED) is 0.926. The molecular formula is C19H22N4O2. The summed E-state index contributed by atoms with van der Waals surface area (Å²) in [7, 11) is 1.59. The van der Waals surface area contributed by atoms with Crippen LogP contribution >= 0.6 is 0 Å². The maximum atomic E-state index is 11.6. The van der Waals surface area contributed by atoms with Crippen LogP contribution in [-0.4, -0.2) is 42.3 Å². The summed E-state index contributed by atoms with van der Waals surface area (Å²) in [5.74, 6) is 1.22. The fourth-order valence-corrected chi connectivity index (χ4v) is 3.30. The van der Waals surface area contributed by atoms with E-state index in [1.165, 1.54) is 18.4 Å². The molecule has 130 valence electrons. The van der Waals surface area contributed by atoms with E-state index in [0.29, 0.717) is 11.6 Å². The van der Waals surface area contributed by atoms with E-state index in [2.05, 4.69) is 32.5 Å². The van der Waals surface area contributed by atoms with E-state index in [-0.39, 0.29) is 18.1 Å². The molecule has 2 aromatic rings. The molecule has 1 amide bonds. The molecule has 2 atom stereocenters. The molecule has 1 aromatic carbocycles. The number of hydrogen-bond donors (Lipinski definition) is 1. The van der Waals surface area contributed by atoms with E-state index in [1.54, 1.807) is 13.1 Å². The van der Waals surface area contributed by atoms with E-state index in [4.69, 9.17) is 4.74 Å². The van der Waals surface area contributed by atoms with Gasteiger partial charge >= 0.3 is 0 Å². The van der Waals surface area contributed by atoms with E-state index in [1.807, 2.05) is 24.3 Å². The first-order valence-electron chi connectivity index (χ1n) is 8.76. The van der Waals surface area contributed by atoms with Gasteiger partial charge in [0.05, 0.1) is 6.10 Å². The summed E-state index contributed by atoms with van der Waals surface area (Å²) in [6, 6.07) is 13.9. The first-order valence-corrected chi connectivity index (χ1v) is 8.76. The Labute approximate surface area is 147 Å². The van der Waals surface area contributed by atoms with Crippen molar-refractivity contribution in [1.82, 2.24) is 15.5 Å². The molecule has 0 radical (unpaired) electrons. The Hall–Kier alpha value is -2.47. The van der Waals surface area contributed by atoms with Crippen LogP contribution in [0.1, 0.15) is 35.0 Å². The van der Waals surface area contributed by atoms with Gasteiger partial charge in [0, 0.05) is 20.1 Å². The lowest BCUT2D eigenvalue weighted by atomic mass is 10.0. The van der Waals surface area contributed by atoms with Crippen molar-refractivity contribution in [3.05, 3.63) is 53.7 Å². The van der Waals surface area contributed by atoms with Crippen molar-refractivity contribution >= 4 is 11.7 Å². The van der Waals surface area contributed by atoms with Gasteiger partial charge in [-0.3, -0.25) is 4.79 Å². The lowest BCUT2D eigenvalue weighted by Gasteiger charge is -2.39. The van der Waals surface area contributed by atoms with E-state index in [0.717, 1.165) is 18.9 Å². The summed E-state index contributed by atoms with van der Waals surface area (Å²) in [5, 5.41) is 10.9. The Morgan fingerprint density at radius 2 is 1.92 bits per heavy atom. The zero-order valence-corrected chi connectivity index (χ0v) is 14.3. The lowest BCUT2D eigenvalue weighted by molar-refractivity contribution is -0.0387. The number of morpholine rings is 1. The highest BCUT2D eigenvalue weighted by Crippen LogP contribution is 2.40. The number of carbonyl (C=O) groups is 1. The Balaban J connectivity index is 1.56. The van der Waals surface area contributed by atoms with Crippen LogP contribution in [-0.2, 0) is 4.74 Å². The monoisotopic (exact) mass is 338 g/mol. The van der Waals surface area contributed by atoms with Crippen LogP contribution in [0.3, 0.4) is 0 Å². The summed E-state index contributed by atoms with van der Waals surface area (Å²) >= 11 is 0. The van der Waals surface area contributed by atoms with Gasteiger partial charge in [0.25, 0.3) is 5.91 Å². The third-order valence-corrected chi connectivity index (χ3v) is 4.88. The molecule has 25 heavy (non-hydrogen) atoms. The summed E-state index contributed by atoms with van der Waals surface area (Å²) in [6.07, 6.45) is 2.73. The molecule has 1 aromatic heterocycles. The Morgan fingerprint density at radius 3 is 2.56 bits per heavy atom. The van der Waals surface area contributed by atoms with Crippen molar-refractivity contribution < 1.29 is 9.53 Å². The first kappa shape index (κ1) is 16.0. The maximum Gasteiger partial charge on any atom is 0.271 e. The molecule has 2 fully saturated rings. The molecule has 1 aliphatic carbocycles. The Bertz CT molecular complexity index is 731. The fraction of sp³-hybridized carbons (Fsp3) is 0.421. The molecular weight excluding hydrogens is 316 g/mol. The average Bonchev–Trinajstić information content (AvgIpc) is 3.53. The van der Waals surface area contributed by atoms with Gasteiger partial charge in [-0.25, -0.2) is 0 Å². The topological polar surface area (TPSA) is 67.4 Å². The molecule has 0 unspecified atom stereocenters. The maximum absolute atomic E-state index is 11.6. The van der Waals surface area contributed by atoms with Gasteiger partial charge in [-0.1, -0.05) is 30.3 Å². The number of aromatic nitrogens is 2. The van der Waals surface area contributed by atoms with Crippen molar-refractivity contribution in [3.8, 4) is 0 Å². The SMILES string of the molecule is CNC(=O)c1ccc(N2C[C@@H](c3ccccc3)O[C@@H](C3CC3)C2)nn1. The van der Waals surface area contributed by atoms with Crippen LogP contribution in [0.2, 0.25) is 0 Å². The minimum Gasteiger partial charge on any atom is -0.366 e. The number of ether oxygens (including phenoxy) is 1. The number of nitrogens with zero attached hydrogens (tertiary/aromatic N) is 3. The predicted molar refractivity (Wildman–Crippen MR) is 94.4 cm³/mol. The number of benzene rings is 1. The summed E-state index contributed by atoms with van der Waals surface area (Å²) < 4.78 is 6.37. The van der Waals surface area contributed by atoms with Gasteiger partial charge in [0.1, 0.15) is 6.10 Å². The molecule has 1 saturated heterocycles. The molecule has 1 saturated carbocycles. The molecule has 4 rings (SSSR count). The number of hydrogen-bond acceptors (Lipinski definition) is 5. The van der Waals surface area contributed by atoms with Gasteiger partial charge in [0.15, 0.2) is 11.5 Å². The van der Waals surface area contributed by atoms with Crippen molar-refractivity contribution in [1.29, 1.82) is 0 Å².